The van der Waals surface area contributed by atoms with E-state index in [9.17, 15) is 0 Å². The highest BCUT2D eigenvalue weighted by Crippen LogP contribution is 2.23. The maximum Gasteiger partial charge on any atom is 0.168 e. The molecule has 0 bridgehead atoms. The molecule has 0 amide bonds. The number of aromatic nitrogens is 4. The Kier molecular flexibility index (Phi) is 4.80. The fourth-order valence-corrected chi connectivity index (χ4v) is 2.39. The average molecular weight is 312 g/mol. The normalized spacial score (nSPS) is 11.0. The number of hydrogen-bond acceptors (Lipinski definition) is 6. The first kappa shape index (κ1) is 15.4. The Labute approximate surface area is 134 Å². The molecule has 7 heteroatoms. The molecule has 2 N–H and O–H groups in total. The third-order valence-electron chi connectivity index (χ3n) is 3.54. The van der Waals surface area contributed by atoms with Gasteiger partial charge in [0.25, 0.3) is 0 Å². The summed E-state index contributed by atoms with van der Waals surface area (Å²) < 4.78 is 7.25. The topological polar surface area (TPSA) is 82.1 Å². The minimum atomic E-state index is 0.533. The maximum absolute atomic E-state index is 5.43. The van der Waals surface area contributed by atoms with Gasteiger partial charge in [-0.15, -0.1) is 0 Å². The fourth-order valence-electron chi connectivity index (χ4n) is 2.39. The lowest BCUT2D eigenvalue weighted by Crippen LogP contribution is -2.24. The Hall–Kier alpha value is -2.51. The summed E-state index contributed by atoms with van der Waals surface area (Å²) in [5.41, 5.74) is 7.18. The Balaban J connectivity index is 1.87. The molecule has 120 valence electrons. The Morgan fingerprint density at radius 1 is 1.17 bits per heavy atom. The van der Waals surface area contributed by atoms with Crippen molar-refractivity contribution in [3.05, 3.63) is 42.9 Å². The summed E-state index contributed by atoms with van der Waals surface area (Å²) >= 11 is 0. The van der Waals surface area contributed by atoms with Crippen molar-refractivity contribution in [3.8, 4) is 5.69 Å². The van der Waals surface area contributed by atoms with Crippen LogP contribution in [0.15, 0.2) is 42.9 Å². The van der Waals surface area contributed by atoms with Gasteiger partial charge in [-0.05, 0) is 12.1 Å². The lowest BCUT2D eigenvalue weighted by Gasteiger charge is -2.18. The van der Waals surface area contributed by atoms with E-state index in [-0.39, 0.29) is 0 Å². The monoisotopic (exact) mass is 312 g/mol. The summed E-state index contributed by atoms with van der Waals surface area (Å²) in [4.78, 5) is 10.8. The van der Waals surface area contributed by atoms with E-state index in [0.717, 1.165) is 29.1 Å². The molecule has 3 aromatic rings. The molecule has 2 heterocycles. The van der Waals surface area contributed by atoms with E-state index < -0.39 is 0 Å². The number of benzene rings is 1. The number of para-hydroxylation sites is 1. The summed E-state index contributed by atoms with van der Waals surface area (Å²) in [7, 11) is 1.98. The molecule has 0 spiro atoms. The van der Waals surface area contributed by atoms with Crippen LogP contribution in [-0.2, 0) is 4.74 Å². The molecular weight excluding hydrogens is 292 g/mol. The van der Waals surface area contributed by atoms with E-state index in [0.29, 0.717) is 19.8 Å². The van der Waals surface area contributed by atoms with E-state index in [2.05, 4.69) is 15.1 Å². The van der Waals surface area contributed by atoms with Crippen molar-refractivity contribution in [2.45, 2.75) is 0 Å². The Morgan fingerprint density at radius 3 is 2.78 bits per heavy atom. The standard InChI is InChI=1S/C16H20N6O/c1-21(8-10-23-9-7-17)15-14-11-20-22(16(14)19-12-18-15)13-5-3-2-4-6-13/h2-6,11-12H,7-10,17H2,1H3. The highest BCUT2D eigenvalue weighted by atomic mass is 16.5. The van der Waals surface area contributed by atoms with Crippen LogP contribution in [0.2, 0.25) is 0 Å². The van der Waals surface area contributed by atoms with Crippen molar-refractivity contribution >= 4 is 16.9 Å². The molecule has 3 rings (SSSR count). The minimum absolute atomic E-state index is 0.533. The number of likely N-dealkylation sites (N-methyl/N-ethyl adjacent to an activating group) is 1. The molecule has 23 heavy (non-hydrogen) atoms. The summed E-state index contributed by atoms with van der Waals surface area (Å²) in [6, 6.07) is 9.93. The van der Waals surface area contributed by atoms with Gasteiger partial charge >= 0.3 is 0 Å². The molecule has 0 fully saturated rings. The summed E-state index contributed by atoms with van der Waals surface area (Å²) in [5.74, 6) is 0.841. The van der Waals surface area contributed by atoms with Gasteiger partial charge in [0.15, 0.2) is 5.65 Å². The van der Waals surface area contributed by atoms with Crippen LogP contribution in [0.4, 0.5) is 5.82 Å². The minimum Gasteiger partial charge on any atom is -0.378 e. The summed E-state index contributed by atoms with van der Waals surface area (Å²) in [6.45, 7) is 2.43. The first-order valence-electron chi connectivity index (χ1n) is 7.54. The summed E-state index contributed by atoms with van der Waals surface area (Å²) in [6.07, 6.45) is 3.37. The molecule has 2 aromatic heterocycles. The molecule has 0 saturated heterocycles. The molecule has 7 nitrogen and oxygen atoms in total. The van der Waals surface area contributed by atoms with Crippen LogP contribution in [0.25, 0.3) is 16.7 Å². The van der Waals surface area contributed by atoms with Crippen molar-refractivity contribution in [2.24, 2.45) is 5.73 Å². The number of ether oxygens (including phenoxy) is 1. The second kappa shape index (κ2) is 7.17. The van der Waals surface area contributed by atoms with Crippen LogP contribution in [0.5, 0.6) is 0 Å². The molecule has 0 radical (unpaired) electrons. The Bertz CT molecular complexity index is 758. The average Bonchev–Trinajstić information content (AvgIpc) is 3.03. The molecule has 0 unspecified atom stereocenters. The largest absolute Gasteiger partial charge is 0.378 e. The lowest BCUT2D eigenvalue weighted by atomic mass is 10.3. The smallest absolute Gasteiger partial charge is 0.168 e. The highest BCUT2D eigenvalue weighted by Gasteiger charge is 2.13. The predicted molar refractivity (Wildman–Crippen MR) is 89.8 cm³/mol. The van der Waals surface area contributed by atoms with Gasteiger partial charge < -0.3 is 15.4 Å². The molecule has 0 saturated carbocycles. The van der Waals surface area contributed by atoms with Crippen molar-refractivity contribution in [1.29, 1.82) is 0 Å². The van der Waals surface area contributed by atoms with Gasteiger partial charge in [-0.1, -0.05) is 18.2 Å². The fraction of sp³-hybridized carbons (Fsp3) is 0.312. The van der Waals surface area contributed by atoms with Crippen molar-refractivity contribution < 1.29 is 4.74 Å². The molecule has 0 aliphatic carbocycles. The molecule has 0 aliphatic rings. The first-order chi connectivity index (χ1) is 11.3. The number of fused-ring (bicyclic) bond motifs is 1. The predicted octanol–water partition coefficient (Wildman–Crippen LogP) is 1.23. The lowest BCUT2D eigenvalue weighted by molar-refractivity contribution is 0.148. The number of nitrogens with zero attached hydrogens (tertiary/aromatic N) is 5. The van der Waals surface area contributed by atoms with E-state index >= 15 is 0 Å². The van der Waals surface area contributed by atoms with Crippen LogP contribution in [0.3, 0.4) is 0 Å². The van der Waals surface area contributed by atoms with Gasteiger partial charge in [-0.2, -0.15) is 5.10 Å². The first-order valence-corrected chi connectivity index (χ1v) is 7.54. The zero-order chi connectivity index (χ0) is 16.1. The van der Waals surface area contributed by atoms with E-state index in [1.165, 1.54) is 0 Å². The molecule has 1 aromatic carbocycles. The van der Waals surface area contributed by atoms with Crippen molar-refractivity contribution in [3.63, 3.8) is 0 Å². The third-order valence-corrected chi connectivity index (χ3v) is 3.54. The second-order valence-corrected chi connectivity index (χ2v) is 5.15. The van der Waals surface area contributed by atoms with E-state index in [4.69, 9.17) is 10.5 Å². The van der Waals surface area contributed by atoms with Gasteiger partial charge in [-0.25, -0.2) is 14.6 Å². The van der Waals surface area contributed by atoms with Crippen LogP contribution < -0.4 is 10.6 Å². The maximum atomic E-state index is 5.43. The molecule has 0 aliphatic heterocycles. The van der Waals surface area contributed by atoms with E-state index in [1.807, 2.05) is 47.0 Å². The number of hydrogen-bond donors (Lipinski definition) is 1. The number of rotatable bonds is 7. The summed E-state index contributed by atoms with van der Waals surface area (Å²) in [5, 5.41) is 5.37. The quantitative estimate of drug-likeness (QED) is 0.661. The van der Waals surface area contributed by atoms with Crippen LogP contribution >= 0.6 is 0 Å². The highest BCUT2D eigenvalue weighted by molar-refractivity contribution is 5.87. The molecular formula is C16H20N6O. The van der Waals surface area contributed by atoms with Gasteiger partial charge in [0, 0.05) is 20.1 Å². The Morgan fingerprint density at radius 2 is 2.00 bits per heavy atom. The van der Waals surface area contributed by atoms with Gasteiger partial charge in [-0.3, -0.25) is 0 Å². The zero-order valence-corrected chi connectivity index (χ0v) is 13.1. The number of anilines is 1. The van der Waals surface area contributed by atoms with Gasteiger partial charge in [0.2, 0.25) is 0 Å². The third kappa shape index (κ3) is 3.30. The van der Waals surface area contributed by atoms with E-state index in [1.54, 1.807) is 12.5 Å². The van der Waals surface area contributed by atoms with Crippen LogP contribution in [0, 0.1) is 0 Å². The van der Waals surface area contributed by atoms with Crippen LogP contribution in [-0.4, -0.2) is 53.1 Å². The zero-order valence-electron chi connectivity index (χ0n) is 13.1. The number of nitrogens with two attached hydrogens (primary N) is 1. The van der Waals surface area contributed by atoms with Crippen LogP contribution in [0.1, 0.15) is 0 Å². The molecule has 0 atom stereocenters. The van der Waals surface area contributed by atoms with Gasteiger partial charge in [0.1, 0.15) is 12.1 Å². The van der Waals surface area contributed by atoms with Gasteiger partial charge in [0.05, 0.1) is 30.5 Å². The van der Waals surface area contributed by atoms with Crippen molar-refractivity contribution in [2.75, 3.05) is 38.3 Å². The SMILES string of the molecule is CN(CCOCCN)c1ncnc2c1cnn2-c1ccccc1. The van der Waals surface area contributed by atoms with Crippen molar-refractivity contribution in [1.82, 2.24) is 19.7 Å². The second-order valence-electron chi connectivity index (χ2n) is 5.15.